The van der Waals surface area contributed by atoms with Crippen LogP contribution in [-0.2, 0) is 0 Å². The van der Waals surface area contributed by atoms with E-state index in [9.17, 15) is 18.7 Å². The zero-order valence-corrected chi connectivity index (χ0v) is 20.4. The number of carbonyl (C=O) groups is 1. The van der Waals surface area contributed by atoms with E-state index in [0.29, 0.717) is 38.3 Å². The normalized spacial score (nSPS) is 22.5. The molecule has 2 aliphatic rings. The number of likely N-dealkylation sites (tertiary alicyclic amines) is 2. The van der Waals surface area contributed by atoms with Gasteiger partial charge in [0.05, 0.1) is 24.7 Å². The first kappa shape index (κ1) is 24.6. The van der Waals surface area contributed by atoms with Crippen LogP contribution in [0.5, 0.6) is 0 Å². The number of β-amino-alcohol motifs (C(OH)–C–C–N with tert-alkyl or cyclic N) is 1. The first-order valence-corrected chi connectivity index (χ1v) is 12.6. The zero-order valence-electron chi connectivity index (χ0n) is 20.4. The van der Waals surface area contributed by atoms with Gasteiger partial charge in [0.25, 0.3) is 5.91 Å². The summed E-state index contributed by atoms with van der Waals surface area (Å²) in [5.74, 6) is -0.335. The van der Waals surface area contributed by atoms with Crippen LogP contribution >= 0.6 is 0 Å². The number of hydrogen-bond donors (Lipinski definition) is 1. The van der Waals surface area contributed by atoms with Crippen molar-refractivity contribution in [2.75, 3.05) is 26.2 Å². The van der Waals surface area contributed by atoms with E-state index in [-0.39, 0.29) is 23.8 Å². The molecule has 6 nitrogen and oxygen atoms in total. The van der Waals surface area contributed by atoms with Crippen molar-refractivity contribution in [1.29, 1.82) is 0 Å². The lowest BCUT2D eigenvalue weighted by Gasteiger charge is -2.42. The lowest BCUT2D eigenvalue weighted by molar-refractivity contribution is -0.0214. The third kappa shape index (κ3) is 4.92. The third-order valence-corrected chi connectivity index (χ3v) is 7.67. The summed E-state index contributed by atoms with van der Waals surface area (Å²) in [6, 6.07) is 14.5. The van der Waals surface area contributed by atoms with Crippen LogP contribution in [0.4, 0.5) is 8.78 Å². The van der Waals surface area contributed by atoms with Gasteiger partial charge < -0.3 is 14.6 Å². The van der Waals surface area contributed by atoms with Crippen LogP contribution in [0.15, 0.2) is 61.1 Å². The van der Waals surface area contributed by atoms with E-state index in [0.717, 1.165) is 29.5 Å². The van der Waals surface area contributed by atoms with Gasteiger partial charge in [0.1, 0.15) is 17.7 Å². The first-order chi connectivity index (χ1) is 17.4. The molecule has 2 fully saturated rings. The number of rotatable bonds is 5. The van der Waals surface area contributed by atoms with Gasteiger partial charge in [-0.1, -0.05) is 36.4 Å². The average molecular weight is 495 g/mol. The van der Waals surface area contributed by atoms with Crippen molar-refractivity contribution in [2.24, 2.45) is 0 Å². The van der Waals surface area contributed by atoms with Gasteiger partial charge >= 0.3 is 0 Å². The molecule has 1 amide bonds. The van der Waals surface area contributed by atoms with E-state index in [4.69, 9.17) is 0 Å². The number of carbonyl (C=O) groups excluding carboxylic acids is 1. The van der Waals surface area contributed by atoms with Crippen LogP contribution in [0.2, 0.25) is 0 Å². The highest BCUT2D eigenvalue weighted by molar-refractivity contribution is 5.92. The second-order valence-electron chi connectivity index (χ2n) is 9.85. The molecular formula is C28H32F2N4O2. The first-order valence-electron chi connectivity index (χ1n) is 12.6. The van der Waals surface area contributed by atoms with Crippen molar-refractivity contribution >= 4 is 5.91 Å². The molecule has 0 aliphatic carbocycles. The highest BCUT2D eigenvalue weighted by Gasteiger charge is 2.34. The molecular weight excluding hydrogens is 462 g/mol. The van der Waals surface area contributed by atoms with Crippen LogP contribution in [0.1, 0.15) is 48.3 Å². The van der Waals surface area contributed by atoms with Gasteiger partial charge in [-0.25, -0.2) is 13.8 Å². The van der Waals surface area contributed by atoms with Gasteiger partial charge in [-0.05, 0) is 55.0 Å². The van der Waals surface area contributed by atoms with Gasteiger partial charge in [0, 0.05) is 32.2 Å². The van der Waals surface area contributed by atoms with Gasteiger partial charge in [-0.2, -0.15) is 0 Å². The monoisotopic (exact) mass is 494 g/mol. The van der Waals surface area contributed by atoms with Crippen molar-refractivity contribution in [3.8, 4) is 11.1 Å². The number of hydrogen-bond acceptors (Lipinski definition) is 4. The Kier molecular flexibility index (Phi) is 7.16. The molecule has 2 unspecified atom stereocenters. The van der Waals surface area contributed by atoms with Crippen molar-refractivity contribution in [3.63, 3.8) is 0 Å². The van der Waals surface area contributed by atoms with Gasteiger partial charge in [-0.3, -0.25) is 9.69 Å². The number of amides is 1. The largest absolute Gasteiger partial charge is 0.389 e. The van der Waals surface area contributed by atoms with E-state index in [1.807, 2.05) is 40.7 Å². The molecule has 3 aromatic rings. The Morgan fingerprint density at radius 1 is 1.06 bits per heavy atom. The smallest absolute Gasteiger partial charge is 0.272 e. The Morgan fingerprint density at radius 2 is 1.78 bits per heavy atom. The fraction of sp³-hybridized carbons (Fsp3) is 0.429. The molecule has 36 heavy (non-hydrogen) atoms. The molecule has 190 valence electrons. The fourth-order valence-corrected chi connectivity index (χ4v) is 5.54. The Balaban J connectivity index is 1.30. The van der Waals surface area contributed by atoms with E-state index in [1.165, 1.54) is 12.1 Å². The number of imidazole rings is 1. The molecule has 2 saturated heterocycles. The number of halogens is 2. The van der Waals surface area contributed by atoms with Gasteiger partial charge in [0.15, 0.2) is 0 Å². The summed E-state index contributed by atoms with van der Waals surface area (Å²) in [6.07, 6.45) is 3.20. The van der Waals surface area contributed by atoms with Crippen LogP contribution in [-0.4, -0.2) is 74.9 Å². The van der Waals surface area contributed by atoms with E-state index in [1.54, 1.807) is 24.7 Å². The predicted octanol–water partition coefficient (Wildman–Crippen LogP) is 4.31. The summed E-state index contributed by atoms with van der Waals surface area (Å²) in [7, 11) is 0. The predicted molar refractivity (Wildman–Crippen MR) is 134 cm³/mol. The number of aliphatic hydroxyl groups excluding tert-OH is 1. The molecule has 1 aromatic heterocycles. The quantitative estimate of drug-likeness (QED) is 0.574. The molecule has 0 spiro atoms. The Bertz CT molecular complexity index is 1190. The maximum atomic E-state index is 13.7. The zero-order chi connectivity index (χ0) is 25.2. The Morgan fingerprint density at radius 3 is 2.50 bits per heavy atom. The minimum absolute atomic E-state index is 0.0560. The molecule has 0 bridgehead atoms. The maximum Gasteiger partial charge on any atom is 0.272 e. The summed E-state index contributed by atoms with van der Waals surface area (Å²) in [6.45, 7) is 4.26. The lowest BCUT2D eigenvalue weighted by Crippen LogP contribution is -2.53. The fourth-order valence-electron chi connectivity index (χ4n) is 5.54. The van der Waals surface area contributed by atoms with E-state index < -0.39 is 12.3 Å². The number of nitrogens with zero attached hydrogens (tertiary/aromatic N) is 4. The number of piperidine rings is 2. The molecule has 2 aliphatic heterocycles. The SMILES string of the molecule is C[C@@H](c1ccccc1-c1ccc(F)cc1)n1cncc1C(=O)N1CCC(N2CCC(F)C(O)C2)CC1. The minimum atomic E-state index is -1.14. The third-order valence-electron chi connectivity index (χ3n) is 7.67. The molecule has 5 rings (SSSR count). The average Bonchev–Trinajstić information content (AvgIpc) is 3.40. The van der Waals surface area contributed by atoms with Crippen LogP contribution < -0.4 is 0 Å². The summed E-state index contributed by atoms with van der Waals surface area (Å²) >= 11 is 0. The summed E-state index contributed by atoms with van der Waals surface area (Å²) < 4.78 is 29.0. The molecule has 3 heterocycles. The van der Waals surface area contributed by atoms with Crippen molar-refractivity contribution in [2.45, 2.75) is 50.5 Å². The maximum absolute atomic E-state index is 13.7. The molecule has 2 aromatic carbocycles. The lowest BCUT2D eigenvalue weighted by atomic mass is 9.95. The standard InChI is InChI=1S/C28H32F2N4O2/c1-19(23-4-2-3-5-24(23)20-6-8-21(29)9-7-20)34-18-31-16-26(34)28(36)32-13-10-22(11-14-32)33-15-12-25(30)27(35)17-33/h2-9,16,18-19,22,25,27,35H,10-15,17H2,1H3/t19-,25?,27?/m0/s1. The topological polar surface area (TPSA) is 61.6 Å². The van der Waals surface area contributed by atoms with Crippen molar-refractivity contribution in [3.05, 3.63) is 78.1 Å². The van der Waals surface area contributed by atoms with Crippen LogP contribution in [0.3, 0.4) is 0 Å². The summed E-state index contributed by atoms with van der Waals surface area (Å²) in [5.41, 5.74) is 3.45. The van der Waals surface area contributed by atoms with Crippen molar-refractivity contribution < 1.29 is 18.7 Å². The van der Waals surface area contributed by atoms with Gasteiger partial charge in [-0.15, -0.1) is 0 Å². The van der Waals surface area contributed by atoms with E-state index in [2.05, 4.69) is 9.88 Å². The van der Waals surface area contributed by atoms with Gasteiger partial charge in [0.2, 0.25) is 0 Å². The second kappa shape index (κ2) is 10.5. The molecule has 8 heteroatoms. The highest BCUT2D eigenvalue weighted by atomic mass is 19.1. The molecule has 0 saturated carbocycles. The Hall–Kier alpha value is -3.10. The molecule has 0 radical (unpaired) electrons. The number of aromatic nitrogens is 2. The number of alkyl halides is 1. The highest BCUT2D eigenvalue weighted by Crippen LogP contribution is 2.31. The van der Waals surface area contributed by atoms with E-state index >= 15 is 0 Å². The Labute approximate surface area is 210 Å². The molecule has 3 atom stereocenters. The summed E-state index contributed by atoms with van der Waals surface area (Å²) in [4.78, 5) is 21.8. The molecule has 1 N–H and O–H groups in total. The second-order valence-corrected chi connectivity index (χ2v) is 9.85. The minimum Gasteiger partial charge on any atom is -0.389 e. The van der Waals surface area contributed by atoms with Crippen molar-refractivity contribution in [1.82, 2.24) is 19.4 Å². The summed E-state index contributed by atoms with van der Waals surface area (Å²) in [5, 5.41) is 9.92. The number of aliphatic hydroxyl groups is 1. The van der Waals surface area contributed by atoms with Crippen LogP contribution in [0, 0.1) is 5.82 Å². The number of benzene rings is 2. The van der Waals surface area contributed by atoms with Crippen LogP contribution in [0.25, 0.3) is 11.1 Å².